The summed E-state index contributed by atoms with van der Waals surface area (Å²) in [5, 5.41) is 1.40. The standard InChI is InChI=1S/C14H18N2O3S/c15-8-11-1-2-14-13(7-11)12(10-20(14,17)18)9-16-3-5-19-6-4-16/h1-2,7,10H,3-6,8-9,15H2. The zero-order valence-electron chi connectivity index (χ0n) is 11.2. The molecule has 0 spiro atoms. The summed E-state index contributed by atoms with van der Waals surface area (Å²) in [5.74, 6) is 0. The van der Waals surface area contributed by atoms with E-state index in [1.54, 1.807) is 12.1 Å². The SMILES string of the molecule is NCc1ccc2c(c1)C(CN1CCOCC1)=CS2(=O)=O. The molecule has 0 aliphatic carbocycles. The fraction of sp³-hybridized carbons (Fsp3) is 0.429. The third-order valence-corrected chi connectivity index (χ3v) is 5.29. The van der Waals surface area contributed by atoms with E-state index < -0.39 is 9.84 Å². The summed E-state index contributed by atoms with van der Waals surface area (Å²) in [6.07, 6.45) is 0. The zero-order chi connectivity index (χ0) is 14.2. The highest BCUT2D eigenvalue weighted by molar-refractivity contribution is 7.95. The zero-order valence-corrected chi connectivity index (χ0v) is 12.0. The molecule has 5 nitrogen and oxygen atoms in total. The number of sulfone groups is 1. The Hall–Kier alpha value is -1.21. The van der Waals surface area contributed by atoms with Crippen molar-refractivity contribution < 1.29 is 13.2 Å². The van der Waals surface area contributed by atoms with Crippen LogP contribution in [0.4, 0.5) is 0 Å². The Balaban J connectivity index is 1.93. The Kier molecular flexibility index (Phi) is 3.64. The Morgan fingerprint density at radius 1 is 1.25 bits per heavy atom. The van der Waals surface area contributed by atoms with E-state index in [4.69, 9.17) is 10.5 Å². The van der Waals surface area contributed by atoms with Crippen LogP contribution in [0.2, 0.25) is 0 Å². The first-order chi connectivity index (χ1) is 9.60. The number of benzene rings is 1. The van der Waals surface area contributed by atoms with Crippen LogP contribution in [0.1, 0.15) is 11.1 Å². The van der Waals surface area contributed by atoms with Crippen LogP contribution in [0.25, 0.3) is 5.57 Å². The molecule has 1 saturated heterocycles. The quantitative estimate of drug-likeness (QED) is 0.884. The van der Waals surface area contributed by atoms with Gasteiger partial charge in [-0.1, -0.05) is 6.07 Å². The molecule has 108 valence electrons. The molecule has 0 aromatic heterocycles. The first-order valence-electron chi connectivity index (χ1n) is 6.69. The van der Waals surface area contributed by atoms with Gasteiger partial charge < -0.3 is 10.5 Å². The van der Waals surface area contributed by atoms with Crippen LogP contribution >= 0.6 is 0 Å². The van der Waals surface area contributed by atoms with E-state index in [-0.39, 0.29) is 0 Å². The molecule has 0 atom stereocenters. The lowest BCUT2D eigenvalue weighted by molar-refractivity contribution is 0.0444. The second-order valence-electron chi connectivity index (χ2n) is 5.11. The Morgan fingerprint density at radius 3 is 2.70 bits per heavy atom. The number of rotatable bonds is 3. The van der Waals surface area contributed by atoms with Gasteiger partial charge in [0.05, 0.1) is 18.1 Å². The smallest absolute Gasteiger partial charge is 0.200 e. The molecule has 2 aliphatic rings. The summed E-state index contributed by atoms with van der Waals surface area (Å²) in [5.41, 5.74) is 8.26. The van der Waals surface area contributed by atoms with Crippen LogP contribution in [0.15, 0.2) is 28.5 Å². The van der Waals surface area contributed by atoms with Gasteiger partial charge in [-0.25, -0.2) is 8.42 Å². The minimum atomic E-state index is -3.29. The molecule has 1 fully saturated rings. The number of nitrogens with two attached hydrogens (primary N) is 1. The highest BCUT2D eigenvalue weighted by atomic mass is 32.2. The molecule has 2 aliphatic heterocycles. The average Bonchev–Trinajstić information content (AvgIpc) is 2.71. The van der Waals surface area contributed by atoms with Crippen LogP contribution < -0.4 is 5.73 Å². The second-order valence-corrected chi connectivity index (χ2v) is 6.88. The molecule has 3 rings (SSSR count). The van der Waals surface area contributed by atoms with Gasteiger partial charge >= 0.3 is 0 Å². The Labute approximate surface area is 118 Å². The number of hydrogen-bond acceptors (Lipinski definition) is 5. The molecule has 2 N–H and O–H groups in total. The van der Waals surface area contributed by atoms with Crippen molar-refractivity contribution >= 4 is 15.4 Å². The van der Waals surface area contributed by atoms with Crippen molar-refractivity contribution in [2.45, 2.75) is 11.4 Å². The number of nitrogens with zero attached hydrogens (tertiary/aromatic N) is 1. The lowest BCUT2D eigenvalue weighted by Gasteiger charge is -2.27. The summed E-state index contributed by atoms with van der Waals surface area (Å²) in [4.78, 5) is 2.62. The van der Waals surface area contributed by atoms with Gasteiger partial charge in [0.15, 0.2) is 0 Å². The molecule has 0 radical (unpaired) electrons. The second kappa shape index (κ2) is 5.29. The maximum Gasteiger partial charge on any atom is 0.200 e. The molecule has 0 amide bonds. The molecule has 1 aromatic carbocycles. The number of hydrogen-bond donors (Lipinski definition) is 1. The predicted molar refractivity (Wildman–Crippen MR) is 76.8 cm³/mol. The predicted octanol–water partition coefficient (Wildman–Crippen LogP) is 0.606. The van der Waals surface area contributed by atoms with Gasteiger partial charge in [0.25, 0.3) is 0 Å². The molecule has 20 heavy (non-hydrogen) atoms. The van der Waals surface area contributed by atoms with E-state index in [1.165, 1.54) is 5.41 Å². The maximum atomic E-state index is 12.2. The van der Waals surface area contributed by atoms with E-state index in [2.05, 4.69) is 4.90 Å². The molecule has 6 heteroatoms. The van der Waals surface area contributed by atoms with Gasteiger partial charge in [-0.05, 0) is 28.8 Å². The summed E-state index contributed by atoms with van der Waals surface area (Å²) < 4.78 is 29.6. The fourth-order valence-corrected chi connectivity index (χ4v) is 4.10. The highest BCUT2D eigenvalue weighted by Gasteiger charge is 2.28. The van der Waals surface area contributed by atoms with Crippen LogP contribution in [0.5, 0.6) is 0 Å². The normalized spacial score (nSPS) is 21.6. The van der Waals surface area contributed by atoms with Crippen LogP contribution in [-0.2, 0) is 21.1 Å². The first kappa shape index (κ1) is 13.8. The third kappa shape index (κ3) is 2.52. The molecule has 1 aromatic rings. The van der Waals surface area contributed by atoms with E-state index in [9.17, 15) is 8.42 Å². The van der Waals surface area contributed by atoms with Gasteiger partial charge in [-0.2, -0.15) is 0 Å². The molecule has 0 bridgehead atoms. The lowest BCUT2D eigenvalue weighted by Crippen LogP contribution is -2.37. The lowest BCUT2D eigenvalue weighted by atomic mass is 10.0. The van der Waals surface area contributed by atoms with Crippen molar-refractivity contribution in [1.82, 2.24) is 4.90 Å². The summed E-state index contributed by atoms with van der Waals surface area (Å²) in [6.45, 7) is 4.14. The van der Waals surface area contributed by atoms with Crippen molar-refractivity contribution in [3.63, 3.8) is 0 Å². The van der Waals surface area contributed by atoms with E-state index in [0.29, 0.717) is 31.2 Å². The monoisotopic (exact) mass is 294 g/mol. The van der Waals surface area contributed by atoms with Crippen LogP contribution in [0, 0.1) is 0 Å². The molecule has 2 heterocycles. The van der Waals surface area contributed by atoms with Crippen molar-refractivity contribution in [2.24, 2.45) is 5.73 Å². The van der Waals surface area contributed by atoms with Crippen molar-refractivity contribution in [2.75, 3.05) is 32.8 Å². The van der Waals surface area contributed by atoms with Gasteiger partial charge in [-0.3, -0.25) is 4.90 Å². The Morgan fingerprint density at radius 2 is 2.00 bits per heavy atom. The average molecular weight is 294 g/mol. The molecule has 0 unspecified atom stereocenters. The minimum absolute atomic E-state index is 0.401. The van der Waals surface area contributed by atoms with E-state index >= 15 is 0 Å². The highest BCUT2D eigenvalue weighted by Crippen LogP contribution is 2.34. The van der Waals surface area contributed by atoms with Crippen LogP contribution in [0.3, 0.4) is 0 Å². The minimum Gasteiger partial charge on any atom is -0.379 e. The van der Waals surface area contributed by atoms with Crippen molar-refractivity contribution in [3.05, 3.63) is 34.7 Å². The summed E-state index contributed by atoms with van der Waals surface area (Å²) in [7, 11) is -3.29. The van der Waals surface area contributed by atoms with Gasteiger partial charge in [0, 0.05) is 31.6 Å². The van der Waals surface area contributed by atoms with Gasteiger partial charge in [0.1, 0.15) is 0 Å². The fourth-order valence-electron chi connectivity index (χ4n) is 2.64. The van der Waals surface area contributed by atoms with Crippen molar-refractivity contribution in [3.8, 4) is 0 Å². The summed E-state index contributed by atoms with van der Waals surface area (Å²) >= 11 is 0. The maximum absolute atomic E-state index is 12.2. The van der Waals surface area contributed by atoms with Crippen LogP contribution in [-0.4, -0.2) is 46.2 Å². The largest absolute Gasteiger partial charge is 0.379 e. The first-order valence-corrected chi connectivity index (χ1v) is 8.24. The van der Waals surface area contributed by atoms with E-state index in [0.717, 1.165) is 29.8 Å². The van der Waals surface area contributed by atoms with Gasteiger partial charge in [0.2, 0.25) is 9.84 Å². The summed E-state index contributed by atoms with van der Waals surface area (Å²) in [6, 6.07) is 5.34. The number of ether oxygens (including phenoxy) is 1. The number of morpholine rings is 1. The van der Waals surface area contributed by atoms with Crippen molar-refractivity contribution in [1.29, 1.82) is 0 Å². The topological polar surface area (TPSA) is 72.6 Å². The number of fused-ring (bicyclic) bond motifs is 1. The molecular weight excluding hydrogens is 276 g/mol. The molecular formula is C14H18N2O3S. The van der Waals surface area contributed by atoms with E-state index in [1.807, 2.05) is 6.07 Å². The Bertz CT molecular complexity index is 646. The van der Waals surface area contributed by atoms with Gasteiger partial charge in [-0.15, -0.1) is 0 Å². The molecule has 0 saturated carbocycles. The third-order valence-electron chi connectivity index (χ3n) is 3.73.